The third-order valence-corrected chi connectivity index (χ3v) is 4.99. The van der Waals surface area contributed by atoms with E-state index in [2.05, 4.69) is 10.2 Å². The van der Waals surface area contributed by atoms with E-state index in [1.807, 2.05) is 41.8 Å². The highest BCUT2D eigenvalue weighted by Gasteiger charge is 2.28. The van der Waals surface area contributed by atoms with E-state index in [9.17, 15) is 4.79 Å². The quantitative estimate of drug-likeness (QED) is 0.617. The molecule has 118 valence electrons. The molecular formula is C16H15N3O2S2. The second-order valence-corrected chi connectivity index (χ2v) is 6.68. The lowest BCUT2D eigenvalue weighted by atomic mass is 10.2. The van der Waals surface area contributed by atoms with E-state index < -0.39 is 0 Å². The van der Waals surface area contributed by atoms with Gasteiger partial charge in [-0.1, -0.05) is 30.0 Å². The lowest BCUT2D eigenvalue weighted by molar-refractivity contribution is -0.124. The van der Waals surface area contributed by atoms with Gasteiger partial charge in [-0.05, 0) is 29.1 Å². The van der Waals surface area contributed by atoms with Gasteiger partial charge >= 0.3 is 0 Å². The van der Waals surface area contributed by atoms with E-state index in [0.29, 0.717) is 17.5 Å². The van der Waals surface area contributed by atoms with Crippen molar-refractivity contribution in [2.24, 2.45) is 10.2 Å². The molecule has 1 aromatic carbocycles. The number of nitrogens with zero attached hydrogens (tertiary/aromatic N) is 3. The van der Waals surface area contributed by atoms with Crippen LogP contribution in [0, 0.1) is 0 Å². The molecule has 5 nitrogen and oxygen atoms in total. The molecule has 0 aliphatic carbocycles. The molecule has 1 aliphatic rings. The van der Waals surface area contributed by atoms with Crippen LogP contribution in [0.15, 0.2) is 52.0 Å². The van der Waals surface area contributed by atoms with Crippen LogP contribution in [0.2, 0.25) is 0 Å². The summed E-state index contributed by atoms with van der Waals surface area (Å²) in [5.74, 6) is 1.25. The molecule has 1 saturated heterocycles. The Labute approximate surface area is 142 Å². The largest absolute Gasteiger partial charge is 0.497 e. The van der Waals surface area contributed by atoms with Crippen molar-refractivity contribution >= 4 is 40.4 Å². The van der Waals surface area contributed by atoms with Crippen LogP contribution < -0.4 is 4.74 Å². The molecule has 0 radical (unpaired) electrons. The maximum absolute atomic E-state index is 12.1. The predicted octanol–water partition coefficient (Wildman–Crippen LogP) is 3.22. The van der Waals surface area contributed by atoms with Gasteiger partial charge in [0, 0.05) is 4.88 Å². The summed E-state index contributed by atoms with van der Waals surface area (Å²) in [5, 5.41) is 10.9. The van der Waals surface area contributed by atoms with Gasteiger partial charge in [0.15, 0.2) is 5.17 Å². The average molecular weight is 345 g/mol. The van der Waals surface area contributed by atoms with Gasteiger partial charge in [-0.3, -0.25) is 9.69 Å². The van der Waals surface area contributed by atoms with Crippen LogP contribution in [0.25, 0.3) is 0 Å². The molecule has 1 fully saturated rings. The highest BCUT2D eigenvalue weighted by atomic mass is 32.2. The Kier molecular flexibility index (Phi) is 5.09. The van der Waals surface area contributed by atoms with Crippen molar-refractivity contribution in [3.05, 3.63) is 52.2 Å². The zero-order valence-corrected chi connectivity index (χ0v) is 14.1. The number of carbonyl (C=O) groups is 1. The number of thioether (sulfide) groups is 1. The van der Waals surface area contributed by atoms with Crippen molar-refractivity contribution < 1.29 is 9.53 Å². The Hall–Kier alpha value is -2.12. The first-order valence-corrected chi connectivity index (χ1v) is 8.83. The Bertz CT molecular complexity index is 724. The van der Waals surface area contributed by atoms with Gasteiger partial charge in [0.2, 0.25) is 5.91 Å². The second kappa shape index (κ2) is 7.43. The summed E-state index contributed by atoms with van der Waals surface area (Å²) < 4.78 is 5.14. The number of rotatable bonds is 5. The van der Waals surface area contributed by atoms with Crippen molar-refractivity contribution in [2.75, 3.05) is 12.9 Å². The molecule has 0 atom stereocenters. The first-order chi connectivity index (χ1) is 11.3. The Morgan fingerprint density at radius 3 is 2.83 bits per heavy atom. The molecule has 2 aromatic rings. The molecule has 7 heteroatoms. The molecule has 0 N–H and O–H groups in total. The number of hydrogen-bond donors (Lipinski definition) is 0. The summed E-state index contributed by atoms with van der Waals surface area (Å²) in [7, 11) is 1.63. The van der Waals surface area contributed by atoms with Crippen molar-refractivity contribution in [1.82, 2.24) is 4.90 Å². The fraction of sp³-hybridized carbons (Fsp3) is 0.188. The number of ether oxygens (including phenoxy) is 1. The van der Waals surface area contributed by atoms with Crippen LogP contribution in [0.3, 0.4) is 0 Å². The molecule has 0 saturated carbocycles. The number of methoxy groups -OCH3 is 1. The topological polar surface area (TPSA) is 54.3 Å². The van der Waals surface area contributed by atoms with Crippen molar-refractivity contribution in [3.8, 4) is 5.75 Å². The van der Waals surface area contributed by atoms with E-state index in [1.54, 1.807) is 29.6 Å². The molecule has 3 rings (SSSR count). The molecule has 0 bridgehead atoms. The minimum atomic E-state index is 0.0518. The summed E-state index contributed by atoms with van der Waals surface area (Å²) in [5.41, 5.74) is 1.02. The van der Waals surface area contributed by atoms with Crippen LogP contribution >= 0.6 is 23.1 Å². The molecule has 1 aliphatic heterocycles. The molecule has 0 unspecified atom stereocenters. The first-order valence-electron chi connectivity index (χ1n) is 6.97. The smallest absolute Gasteiger partial charge is 0.239 e. The predicted molar refractivity (Wildman–Crippen MR) is 95.4 cm³/mol. The normalized spacial score (nSPS) is 16.7. The van der Waals surface area contributed by atoms with Gasteiger partial charge in [-0.2, -0.15) is 5.10 Å². The van der Waals surface area contributed by atoms with Gasteiger partial charge in [-0.15, -0.1) is 16.4 Å². The number of amides is 1. The summed E-state index contributed by atoms with van der Waals surface area (Å²) in [6.45, 7) is 0.489. The maximum atomic E-state index is 12.1. The minimum absolute atomic E-state index is 0.0518. The van der Waals surface area contributed by atoms with E-state index >= 15 is 0 Å². The van der Waals surface area contributed by atoms with Crippen LogP contribution in [-0.4, -0.2) is 35.1 Å². The van der Waals surface area contributed by atoms with Crippen molar-refractivity contribution in [2.45, 2.75) is 6.54 Å². The zero-order chi connectivity index (χ0) is 16.1. The number of hydrogen-bond acceptors (Lipinski definition) is 6. The lowest BCUT2D eigenvalue weighted by Gasteiger charge is -2.15. The van der Waals surface area contributed by atoms with Crippen LogP contribution in [0.5, 0.6) is 5.75 Å². The van der Waals surface area contributed by atoms with E-state index in [-0.39, 0.29) is 5.91 Å². The lowest BCUT2D eigenvalue weighted by Crippen LogP contribution is -2.28. The van der Waals surface area contributed by atoms with E-state index in [0.717, 1.165) is 16.2 Å². The third-order valence-electron chi connectivity index (χ3n) is 3.23. The number of amidine groups is 1. The third kappa shape index (κ3) is 4.00. The first kappa shape index (κ1) is 15.8. The van der Waals surface area contributed by atoms with Gasteiger partial charge in [0.1, 0.15) is 5.75 Å². The fourth-order valence-electron chi connectivity index (χ4n) is 2.04. The molecule has 0 spiro atoms. The van der Waals surface area contributed by atoms with Crippen molar-refractivity contribution in [3.63, 3.8) is 0 Å². The van der Waals surface area contributed by atoms with Crippen molar-refractivity contribution in [1.29, 1.82) is 0 Å². The molecule has 1 amide bonds. The second-order valence-electron chi connectivity index (χ2n) is 4.76. The van der Waals surface area contributed by atoms with Crippen LogP contribution in [0.4, 0.5) is 0 Å². The summed E-state index contributed by atoms with van der Waals surface area (Å²) in [6, 6.07) is 11.6. The van der Waals surface area contributed by atoms with Crippen LogP contribution in [0.1, 0.15) is 10.4 Å². The van der Waals surface area contributed by atoms with Gasteiger partial charge in [0.25, 0.3) is 0 Å². The summed E-state index contributed by atoms with van der Waals surface area (Å²) in [6.07, 6.45) is 1.70. The highest BCUT2D eigenvalue weighted by molar-refractivity contribution is 8.15. The number of benzene rings is 1. The fourth-order valence-corrected chi connectivity index (χ4v) is 3.46. The van der Waals surface area contributed by atoms with Gasteiger partial charge in [0.05, 0.1) is 25.6 Å². The zero-order valence-electron chi connectivity index (χ0n) is 12.5. The highest BCUT2D eigenvalue weighted by Crippen LogP contribution is 2.23. The van der Waals surface area contributed by atoms with E-state index in [4.69, 9.17) is 4.74 Å². The average Bonchev–Trinajstić information content (AvgIpc) is 3.20. The van der Waals surface area contributed by atoms with Crippen LogP contribution in [-0.2, 0) is 11.3 Å². The van der Waals surface area contributed by atoms with E-state index in [1.165, 1.54) is 11.8 Å². The Morgan fingerprint density at radius 1 is 1.30 bits per heavy atom. The standard InChI is InChI=1S/C16H15N3O2S2/c1-21-13-6-4-12(5-7-13)10-19-15(20)11-23-16(19)18-17-9-14-3-2-8-22-14/h2-9H,10-11H2,1H3/b17-9-,18-16-. The molecule has 1 aromatic heterocycles. The summed E-state index contributed by atoms with van der Waals surface area (Å²) >= 11 is 3.01. The Morgan fingerprint density at radius 2 is 2.13 bits per heavy atom. The Balaban J connectivity index is 1.71. The maximum Gasteiger partial charge on any atom is 0.239 e. The van der Waals surface area contributed by atoms with Gasteiger partial charge in [-0.25, -0.2) is 0 Å². The molecule has 2 heterocycles. The minimum Gasteiger partial charge on any atom is -0.497 e. The van der Waals surface area contributed by atoms with Gasteiger partial charge < -0.3 is 4.74 Å². The SMILES string of the molecule is COc1ccc(CN2C(=O)CS/C2=N\N=C/c2cccs2)cc1. The molecule has 23 heavy (non-hydrogen) atoms. The monoisotopic (exact) mass is 345 g/mol. The molecular weight excluding hydrogens is 330 g/mol. The number of thiophene rings is 1. The summed E-state index contributed by atoms with van der Waals surface area (Å²) in [4.78, 5) is 14.8. The number of carbonyl (C=O) groups excluding carboxylic acids is 1.